The van der Waals surface area contributed by atoms with Crippen molar-refractivity contribution in [3.05, 3.63) is 40.5 Å². The van der Waals surface area contributed by atoms with Crippen molar-refractivity contribution in [3.8, 4) is 0 Å². The van der Waals surface area contributed by atoms with Crippen LogP contribution in [0.1, 0.15) is 46.0 Å². The van der Waals surface area contributed by atoms with Gasteiger partial charge in [-0.3, -0.25) is 4.79 Å². The van der Waals surface area contributed by atoms with E-state index in [9.17, 15) is 9.59 Å². The first-order valence-electron chi connectivity index (χ1n) is 7.30. The number of carboxylic acids is 1. The molecule has 0 saturated carbocycles. The van der Waals surface area contributed by atoms with E-state index < -0.39 is 5.97 Å². The molecule has 0 spiro atoms. The van der Waals surface area contributed by atoms with Gasteiger partial charge in [-0.05, 0) is 44.4 Å². The number of nitrogens with one attached hydrogen (secondary N) is 1. The number of amides is 1. The molecule has 2 aromatic rings. The van der Waals surface area contributed by atoms with E-state index in [0.29, 0.717) is 35.8 Å². The zero-order chi connectivity index (χ0) is 17.0. The quantitative estimate of drug-likeness (QED) is 0.848. The van der Waals surface area contributed by atoms with Crippen molar-refractivity contribution in [1.82, 2.24) is 10.1 Å². The molecule has 1 amide bonds. The number of benzene rings is 1. The minimum Gasteiger partial charge on any atom is -0.478 e. The maximum atomic E-state index is 12.0. The highest BCUT2D eigenvalue weighted by molar-refractivity contribution is 5.95. The molecule has 0 unspecified atom stereocenters. The summed E-state index contributed by atoms with van der Waals surface area (Å²) < 4.78 is 4.98. The van der Waals surface area contributed by atoms with Gasteiger partial charge >= 0.3 is 5.97 Å². The summed E-state index contributed by atoms with van der Waals surface area (Å²) in [5, 5.41) is 15.6. The Morgan fingerprint density at radius 1 is 1.22 bits per heavy atom. The number of aromatic carboxylic acids is 1. The highest BCUT2D eigenvalue weighted by atomic mass is 16.5. The number of nitrogens with zero attached hydrogens (tertiary/aromatic N) is 2. The number of carboxylic acid groups (broad SMARTS) is 1. The molecule has 7 nitrogen and oxygen atoms in total. The second-order valence-corrected chi connectivity index (χ2v) is 5.42. The minimum absolute atomic E-state index is 0.176. The number of aryl methyl sites for hydroxylation is 4. The Bertz CT molecular complexity index is 737. The van der Waals surface area contributed by atoms with Gasteiger partial charge in [0.05, 0.1) is 5.56 Å². The number of carbonyl (C=O) groups excluding carboxylic acids is 1. The second-order valence-electron chi connectivity index (χ2n) is 5.42. The van der Waals surface area contributed by atoms with Gasteiger partial charge in [0.25, 0.3) is 0 Å². The van der Waals surface area contributed by atoms with E-state index >= 15 is 0 Å². The molecule has 122 valence electrons. The molecular formula is C16H19N3O4. The first-order valence-corrected chi connectivity index (χ1v) is 7.30. The summed E-state index contributed by atoms with van der Waals surface area (Å²) in [7, 11) is 0. The first-order chi connectivity index (χ1) is 10.9. The van der Waals surface area contributed by atoms with Crippen LogP contribution in [-0.4, -0.2) is 27.1 Å². The standard InChI is InChI=1S/C16H19N3O4/c1-9-7-10(2)13(8-12(9)16(21)22)18-14(20)5-4-6-15-17-11(3)19-23-15/h7-8H,4-6H2,1-3H3,(H,18,20)(H,21,22). The lowest BCUT2D eigenvalue weighted by Gasteiger charge is -2.11. The molecule has 1 aromatic heterocycles. The highest BCUT2D eigenvalue weighted by Gasteiger charge is 2.12. The van der Waals surface area contributed by atoms with Crippen LogP contribution in [0.5, 0.6) is 0 Å². The Morgan fingerprint density at radius 2 is 1.96 bits per heavy atom. The number of hydrogen-bond acceptors (Lipinski definition) is 5. The predicted molar refractivity (Wildman–Crippen MR) is 83.5 cm³/mol. The third kappa shape index (κ3) is 4.38. The average molecular weight is 317 g/mol. The van der Waals surface area contributed by atoms with Gasteiger partial charge in [0.1, 0.15) is 0 Å². The van der Waals surface area contributed by atoms with Gasteiger partial charge in [-0.1, -0.05) is 11.2 Å². The summed E-state index contributed by atoms with van der Waals surface area (Å²) in [6.07, 6.45) is 1.39. The van der Waals surface area contributed by atoms with Crippen molar-refractivity contribution in [2.75, 3.05) is 5.32 Å². The van der Waals surface area contributed by atoms with Gasteiger partial charge in [0.15, 0.2) is 5.82 Å². The summed E-state index contributed by atoms with van der Waals surface area (Å²) in [4.78, 5) is 27.2. The molecule has 23 heavy (non-hydrogen) atoms. The highest BCUT2D eigenvalue weighted by Crippen LogP contribution is 2.21. The summed E-state index contributed by atoms with van der Waals surface area (Å²) in [6, 6.07) is 3.24. The molecule has 0 fully saturated rings. The molecule has 0 bridgehead atoms. The Hall–Kier alpha value is -2.70. The molecule has 0 aliphatic rings. The van der Waals surface area contributed by atoms with E-state index in [0.717, 1.165) is 5.56 Å². The molecule has 2 rings (SSSR count). The van der Waals surface area contributed by atoms with Gasteiger partial charge in [-0.2, -0.15) is 4.98 Å². The van der Waals surface area contributed by atoms with Gasteiger partial charge in [0.2, 0.25) is 11.8 Å². The monoisotopic (exact) mass is 317 g/mol. The molecule has 2 N–H and O–H groups in total. The minimum atomic E-state index is -1.01. The molecule has 7 heteroatoms. The Morgan fingerprint density at radius 3 is 2.57 bits per heavy atom. The van der Waals surface area contributed by atoms with Crippen molar-refractivity contribution in [1.29, 1.82) is 0 Å². The fourth-order valence-corrected chi connectivity index (χ4v) is 2.27. The first kappa shape index (κ1) is 16.7. The van der Waals surface area contributed by atoms with Crippen molar-refractivity contribution in [2.45, 2.75) is 40.0 Å². The van der Waals surface area contributed by atoms with Crippen molar-refractivity contribution in [3.63, 3.8) is 0 Å². The van der Waals surface area contributed by atoms with E-state index in [2.05, 4.69) is 15.5 Å². The van der Waals surface area contributed by atoms with Crippen LogP contribution in [0.15, 0.2) is 16.7 Å². The van der Waals surface area contributed by atoms with Crippen LogP contribution < -0.4 is 5.32 Å². The summed E-state index contributed by atoms with van der Waals surface area (Å²) >= 11 is 0. The van der Waals surface area contributed by atoms with Crippen LogP contribution in [0.2, 0.25) is 0 Å². The molecule has 1 aromatic carbocycles. The summed E-state index contributed by atoms with van der Waals surface area (Å²) in [5.74, 6) is -0.106. The number of anilines is 1. The predicted octanol–water partition coefficient (Wildman–Crippen LogP) is 2.65. The van der Waals surface area contributed by atoms with Gasteiger partial charge in [0, 0.05) is 18.5 Å². The topological polar surface area (TPSA) is 105 Å². The summed E-state index contributed by atoms with van der Waals surface area (Å²) in [6.45, 7) is 5.30. The molecule has 0 radical (unpaired) electrons. The molecule has 0 saturated heterocycles. The number of hydrogen-bond donors (Lipinski definition) is 2. The summed E-state index contributed by atoms with van der Waals surface area (Å²) in [5.41, 5.74) is 2.20. The Kier molecular flexibility index (Phi) is 5.10. The van der Waals surface area contributed by atoms with E-state index in [1.54, 1.807) is 19.9 Å². The van der Waals surface area contributed by atoms with Crippen LogP contribution in [0.4, 0.5) is 5.69 Å². The van der Waals surface area contributed by atoms with Crippen LogP contribution >= 0.6 is 0 Å². The van der Waals surface area contributed by atoms with Crippen LogP contribution in [0, 0.1) is 20.8 Å². The van der Waals surface area contributed by atoms with E-state index in [-0.39, 0.29) is 17.9 Å². The lowest BCUT2D eigenvalue weighted by Crippen LogP contribution is -2.13. The lowest BCUT2D eigenvalue weighted by atomic mass is 10.0. The van der Waals surface area contributed by atoms with E-state index in [1.807, 2.05) is 6.92 Å². The number of carbonyl (C=O) groups is 2. The van der Waals surface area contributed by atoms with Crippen LogP contribution in [-0.2, 0) is 11.2 Å². The number of rotatable bonds is 6. The van der Waals surface area contributed by atoms with Crippen molar-refractivity contribution < 1.29 is 19.2 Å². The SMILES string of the molecule is Cc1noc(CCCC(=O)Nc2cc(C(=O)O)c(C)cc2C)n1. The Labute approximate surface area is 133 Å². The second kappa shape index (κ2) is 7.04. The fourth-order valence-electron chi connectivity index (χ4n) is 2.27. The van der Waals surface area contributed by atoms with Gasteiger partial charge < -0.3 is 14.9 Å². The average Bonchev–Trinajstić information content (AvgIpc) is 2.87. The van der Waals surface area contributed by atoms with Crippen molar-refractivity contribution >= 4 is 17.6 Å². The molecule has 0 aliphatic heterocycles. The van der Waals surface area contributed by atoms with Gasteiger partial charge in [-0.25, -0.2) is 4.79 Å². The third-order valence-electron chi connectivity index (χ3n) is 3.44. The van der Waals surface area contributed by atoms with Crippen LogP contribution in [0.3, 0.4) is 0 Å². The molecule has 1 heterocycles. The molecule has 0 aliphatic carbocycles. The van der Waals surface area contributed by atoms with Crippen LogP contribution in [0.25, 0.3) is 0 Å². The third-order valence-corrected chi connectivity index (χ3v) is 3.44. The number of aromatic nitrogens is 2. The van der Waals surface area contributed by atoms with E-state index in [4.69, 9.17) is 9.63 Å². The molecule has 0 atom stereocenters. The van der Waals surface area contributed by atoms with E-state index in [1.165, 1.54) is 6.07 Å². The largest absolute Gasteiger partial charge is 0.478 e. The lowest BCUT2D eigenvalue weighted by molar-refractivity contribution is -0.116. The smallest absolute Gasteiger partial charge is 0.336 e. The maximum Gasteiger partial charge on any atom is 0.336 e. The zero-order valence-electron chi connectivity index (χ0n) is 13.3. The van der Waals surface area contributed by atoms with Crippen molar-refractivity contribution in [2.24, 2.45) is 0 Å². The molecular weight excluding hydrogens is 298 g/mol. The fraction of sp³-hybridized carbons (Fsp3) is 0.375. The Balaban J connectivity index is 1.94. The maximum absolute atomic E-state index is 12.0. The normalized spacial score (nSPS) is 10.6. The van der Waals surface area contributed by atoms with Gasteiger partial charge in [-0.15, -0.1) is 0 Å². The zero-order valence-corrected chi connectivity index (χ0v) is 13.3.